The first-order valence-corrected chi connectivity index (χ1v) is 4.51. The first kappa shape index (κ1) is 11.8. The SMILES string of the molecule is CCC(N)C(O)CN(CC)NC. The first-order chi connectivity index (χ1) is 5.65. The largest absolute Gasteiger partial charge is 0.390 e. The van der Waals surface area contributed by atoms with Gasteiger partial charge in [0, 0.05) is 19.1 Å². The van der Waals surface area contributed by atoms with Crippen LogP contribution < -0.4 is 11.2 Å². The minimum absolute atomic E-state index is 0.118. The van der Waals surface area contributed by atoms with E-state index < -0.39 is 6.10 Å². The number of hydrazine groups is 1. The van der Waals surface area contributed by atoms with Crippen LogP contribution in [0.3, 0.4) is 0 Å². The van der Waals surface area contributed by atoms with Crippen LogP contribution in [-0.2, 0) is 0 Å². The number of nitrogens with zero attached hydrogens (tertiary/aromatic N) is 1. The number of nitrogens with two attached hydrogens (primary N) is 1. The Bertz CT molecular complexity index is 106. The van der Waals surface area contributed by atoms with Crippen LogP contribution in [-0.4, -0.2) is 42.4 Å². The van der Waals surface area contributed by atoms with E-state index in [4.69, 9.17) is 5.73 Å². The van der Waals surface area contributed by atoms with Crippen molar-refractivity contribution in [2.75, 3.05) is 20.1 Å². The van der Waals surface area contributed by atoms with E-state index in [9.17, 15) is 5.11 Å². The third-order valence-corrected chi connectivity index (χ3v) is 2.07. The van der Waals surface area contributed by atoms with Crippen LogP contribution >= 0.6 is 0 Å². The highest BCUT2D eigenvalue weighted by Crippen LogP contribution is 1.96. The van der Waals surface area contributed by atoms with E-state index >= 15 is 0 Å². The molecule has 2 atom stereocenters. The molecule has 0 fully saturated rings. The zero-order chi connectivity index (χ0) is 9.56. The average Bonchev–Trinajstić information content (AvgIpc) is 2.12. The van der Waals surface area contributed by atoms with Gasteiger partial charge in [0.15, 0.2) is 0 Å². The number of hydrogen-bond donors (Lipinski definition) is 3. The van der Waals surface area contributed by atoms with Crippen LogP contribution in [0.1, 0.15) is 20.3 Å². The Kier molecular flexibility index (Phi) is 6.28. The lowest BCUT2D eigenvalue weighted by Gasteiger charge is -2.25. The zero-order valence-electron chi connectivity index (χ0n) is 8.25. The Balaban J connectivity index is 3.72. The summed E-state index contributed by atoms with van der Waals surface area (Å²) < 4.78 is 0. The molecule has 0 aliphatic rings. The molecular weight excluding hydrogens is 154 g/mol. The van der Waals surface area contributed by atoms with Crippen molar-refractivity contribution in [2.45, 2.75) is 32.4 Å². The summed E-state index contributed by atoms with van der Waals surface area (Å²) >= 11 is 0. The highest BCUT2D eigenvalue weighted by molar-refractivity contribution is 4.72. The molecule has 0 saturated heterocycles. The van der Waals surface area contributed by atoms with Crippen molar-refractivity contribution < 1.29 is 5.11 Å². The van der Waals surface area contributed by atoms with Gasteiger partial charge in [-0.3, -0.25) is 5.43 Å². The Hall–Kier alpha value is -0.160. The molecule has 0 aromatic rings. The van der Waals surface area contributed by atoms with Crippen molar-refractivity contribution in [3.05, 3.63) is 0 Å². The number of likely N-dealkylation sites (N-methyl/N-ethyl adjacent to an activating group) is 1. The third kappa shape index (κ3) is 4.01. The molecule has 0 aromatic carbocycles. The molecule has 4 N–H and O–H groups in total. The molecule has 0 saturated carbocycles. The van der Waals surface area contributed by atoms with Gasteiger partial charge in [-0.15, -0.1) is 0 Å². The van der Waals surface area contributed by atoms with Crippen molar-refractivity contribution in [2.24, 2.45) is 5.73 Å². The van der Waals surface area contributed by atoms with Gasteiger partial charge in [-0.2, -0.15) is 0 Å². The molecule has 0 aliphatic carbocycles. The molecule has 0 aliphatic heterocycles. The smallest absolute Gasteiger partial charge is 0.0831 e. The maximum atomic E-state index is 9.54. The molecular formula is C8H21N3O. The predicted molar refractivity (Wildman–Crippen MR) is 50.6 cm³/mol. The van der Waals surface area contributed by atoms with Gasteiger partial charge < -0.3 is 10.8 Å². The van der Waals surface area contributed by atoms with Crippen molar-refractivity contribution in [1.82, 2.24) is 10.4 Å². The lowest BCUT2D eigenvalue weighted by atomic mass is 10.1. The number of aliphatic hydroxyl groups is 1. The Morgan fingerprint density at radius 3 is 2.42 bits per heavy atom. The molecule has 12 heavy (non-hydrogen) atoms. The summed E-state index contributed by atoms with van der Waals surface area (Å²) in [5.74, 6) is 0. The maximum Gasteiger partial charge on any atom is 0.0831 e. The monoisotopic (exact) mass is 175 g/mol. The molecule has 0 rings (SSSR count). The van der Waals surface area contributed by atoms with Gasteiger partial charge in [0.05, 0.1) is 6.10 Å². The number of hydrogen-bond acceptors (Lipinski definition) is 4. The summed E-state index contributed by atoms with van der Waals surface area (Å²) in [6.07, 6.45) is 0.366. The fourth-order valence-corrected chi connectivity index (χ4v) is 1.01. The fourth-order valence-electron chi connectivity index (χ4n) is 1.01. The molecule has 0 amide bonds. The second kappa shape index (κ2) is 6.37. The Morgan fingerprint density at radius 1 is 1.50 bits per heavy atom. The van der Waals surface area contributed by atoms with E-state index in [1.54, 1.807) is 0 Å². The summed E-state index contributed by atoms with van der Waals surface area (Å²) in [5.41, 5.74) is 8.65. The normalized spacial score (nSPS) is 16.5. The summed E-state index contributed by atoms with van der Waals surface area (Å²) in [5, 5.41) is 11.5. The molecule has 4 heteroatoms. The Labute approximate surface area is 74.7 Å². The standard InChI is InChI=1S/C8H21N3O/c1-4-7(9)8(12)6-11(5-2)10-3/h7-8,10,12H,4-6,9H2,1-3H3. The van der Waals surface area contributed by atoms with Crippen molar-refractivity contribution in [1.29, 1.82) is 0 Å². The van der Waals surface area contributed by atoms with Crippen LogP contribution in [0.4, 0.5) is 0 Å². The second-order valence-electron chi connectivity index (χ2n) is 2.90. The van der Waals surface area contributed by atoms with Crippen LogP contribution in [0, 0.1) is 0 Å². The molecule has 4 nitrogen and oxygen atoms in total. The third-order valence-electron chi connectivity index (χ3n) is 2.07. The van der Waals surface area contributed by atoms with Gasteiger partial charge in [0.25, 0.3) is 0 Å². The van der Waals surface area contributed by atoms with E-state index in [0.29, 0.717) is 6.54 Å². The van der Waals surface area contributed by atoms with E-state index in [0.717, 1.165) is 13.0 Å². The van der Waals surface area contributed by atoms with Gasteiger partial charge in [0.2, 0.25) is 0 Å². The molecule has 0 bridgehead atoms. The predicted octanol–water partition coefficient (Wildman–Crippen LogP) is -0.459. The van der Waals surface area contributed by atoms with Gasteiger partial charge in [-0.25, -0.2) is 5.01 Å². The summed E-state index contributed by atoms with van der Waals surface area (Å²) in [7, 11) is 1.84. The first-order valence-electron chi connectivity index (χ1n) is 4.51. The number of aliphatic hydroxyl groups excluding tert-OH is 1. The van der Waals surface area contributed by atoms with Gasteiger partial charge in [-0.1, -0.05) is 13.8 Å². The van der Waals surface area contributed by atoms with Gasteiger partial charge in [-0.05, 0) is 13.5 Å². The molecule has 74 valence electrons. The molecule has 2 unspecified atom stereocenters. The van der Waals surface area contributed by atoms with Crippen LogP contribution in [0.15, 0.2) is 0 Å². The van der Waals surface area contributed by atoms with Crippen LogP contribution in [0.2, 0.25) is 0 Å². The minimum Gasteiger partial charge on any atom is -0.390 e. The summed E-state index contributed by atoms with van der Waals surface area (Å²) in [4.78, 5) is 0. The number of rotatable bonds is 6. The maximum absolute atomic E-state index is 9.54. The molecule has 0 heterocycles. The molecule has 0 aromatic heterocycles. The van der Waals surface area contributed by atoms with Crippen molar-refractivity contribution in [3.8, 4) is 0 Å². The van der Waals surface area contributed by atoms with Crippen LogP contribution in [0.5, 0.6) is 0 Å². The second-order valence-corrected chi connectivity index (χ2v) is 2.90. The summed E-state index contributed by atoms with van der Waals surface area (Å²) in [6.45, 7) is 5.45. The average molecular weight is 175 g/mol. The topological polar surface area (TPSA) is 61.5 Å². The number of nitrogens with one attached hydrogen (secondary N) is 1. The molecule has 0 radical (unpaired) electrons. The van der Waals surface area contributed by atoms with E-state index in [1.807, 2.05) is 25.9 Å². The lowest BCUT2D eigenvalue weighted by Crippen LogP contribution is -2.47. The van der Waals surface area contributed by atoms with Gasteiger partial charge in [0.1, 0.15) is 0 Å². The highest BCUT2D eigenvalue weighted by Gasteiger charge is 2.14. The zero-order valence-corrected chi connectivity index (χ0v) is 8.25. The lowest BCUT2D eigenvalue weighted by molar-refractivity contribution is 0.0727. The van der Waals surface area contributed by atoms with Crippen LogP contribution in [0.25, 0.3) is 0 Å². The summed E-state index contributed by atoms with van der Waals surface area (Å²) in [6, 6.07) is -0.118. The Morgan fingerprint density at radius 2 is 2.08 bits per heavy atom. The molecule has 0 spiro atoms. The minimum atomic E-state index is -0.442. The quantitative estimate of drug-likeness (QED) is 0.478. The van der Waals surface area contributed by atoms with E-state index in [1.165, 1.54) is 0 Å². The highest BCUT2D eigenvalue weighted by atomic mass is 16.3. The fraction of sp³-hybridized carbons (Fsp3) is 1.00. The van der Waals surface area contributed by atoms with E-state index in [-0.39, 0.29) is 6.04 Å². The van der Waals surface area contributed by atoms with Crippen molar-refractivity contribution >= 4 is 0 Å². The van der Waals surface area contributed by atoms with Crippen molar-refractivity contribution in [3.63, 3.8) is 0 Å². The van der Waals surface area contributed by atoms with E-state index in [2.05, 4.69) is 5.43 Å². The van der Waals surface area contributed by atoms with Gasteiger partial charge >= 0.3 is 0 Å².